The molecule has 0 saturated heterocycles. The zero-order chi connectivity index (χ0) is 16.4. The molecule has 0 radical (unpaired) electrons. The normalized spacial score (nSPS) is 19.1. The average Bonchev–Trinajstić information content (AvgIpc) is 3.06. The first-order valence-corrected chi connectivity index (χ1v) is 8.95. The number of ether oxygens (including phenoxy) is 1. The van der Waals surface area contributed by atoms with E-state index in [-0.39, 0.29) is 0 Å². The van der Waals surface area contributed by atoms with Crippen LogP contribution < -0.4 is 5.46 Å². The molecule has 24 heavy (non-hydrogen) atoms. The van der Waals surface area contributed by atoms with E-state index in [1.54, 1.807) is 11.0 Å². The molecule has 2 heteroatoms. The molecule has 2 aromatic rings. The number of allylic oxidation sites excluding steroid dienone is 3. The second-order valence-electron chi connectivity index (χ2n) is 6.92. The molecule has 0 bridgehead atoms. The monoisotopic (exact) mass is 314 g/mol. The van der Waals surface area contributed by atoms with E-state index in [2.05, 4.69) is 73.7 Å². The van der Waals surface area contributed by atoms with Gasteiger partial charge < -0.3 is 4.74 Å². The molecule has 2 aromatic carbocycles. The Morgan fingerprint density at radius 2 is 1.92 bits per heavy atom. The fourth-order valence-electron chi connectivity index (χ4n) is 3.99. The van der Waals surface area contributed by atoms with Crippen LogP contribution in [0.15, 0.2) is 72.5 Å². The fraction of sp³-hybridized carbons (Fsp3) is 0.273. The van der Waals surface area contributed by atoms with Gasteiger partial charge in [0.25, 0.3) is 0 Å². The summed E-state index contributed by atoms with van der Waals surface area (Å²) < 4.78 is 6.00. The van der Waals surface area contributed by atoms with Crippen molar-refractivity contribution in [3.8, 4) is 0 Å². The summed E-state index contributed by atoms with van der Waals surface area (Å²) in [6.45, 7) is 3.46. The molecule has 1 nitrogen and oxygen atoms in total. The van der Waals surface area contributed by atoms with E-state index in [0.29, 0.717) is 19.1 Å². The molecule has 0 saturated carbocycles. The van der Waals surface area contributed by atoms with Gasteiger partial charge in [-0.3, -0.25) is 0 Å². The number of hydrogen-bond acceptors (Lipinski definition) is 1. The highest BCUT2D eigenvalue weighted by molar-refractivity contribution is 6.76. The predicted octanol–water partition coefficient (Wildman–Crippen LogP) is 4.68. The predicted molar refractivity (Wildman–Crippen MR) is 102 cm³/mol. The highest BCUT2D eigenvalue weighted by Crippen LogP contribution is 2.31. The zero-order valence-corrected chi connectivity index (χ0v) is 14.2. The van der Waals surface area contributed by atoms with Crippen molar-refractivity contribution >= 4 is 12.2 Å². The van der Waals surface area contributed by atoms with E-state index in [4.69, 9.17) is 4.74 Å². The van der Waals surface area contributed by atoms with Crippen molar-refractivity contribution in [2.24, 2.45) is 0 Å². The molecule has 4 rings (SSSR count). The summed E-state index contributed by atoms with van der Waals surface area (Å²) in [6, 6.07) is 17.4. The Balaban J connectivity index is 1.38. The first-order chi connectivity index (χ1) is 11.8. The van der Waals surface area contributed by atoms with Gasteiger partial charge >= 0.3 is 0 Å². The Bertz CT molecular complexity index is 790. The van der Waals surface area contributed by atoms with Crippen LogP contribution in [0.4, 0.5) is 0 Å². The maximum absolute atomic E-state index is 6.00. The third-order valence-electron chi connectivity index (χ3n) is 5.45. The molecule has 1 aliphatic heterocycles. The van der Waals surface area contributed by atoms with Crippen LogP contribution in [0, 0.1) is 6.92 Å². The van der Waals surface area contributed by atoms with Crippen LogP contribution in [-0.4, -0.2) is 6.71 Å². The van der Waals surface area contributed by atoms with Crippen LogP contribution >= 0.6 is 0 Å². The maximum Gasteiger partial charge on any atom is 0.183 e. The Hall–Kier alpha value is -2.22. The molecule has 1 atom stereocenters. The van der Waals surface area contributed by atoms with Gasteiger partial charge in [-0.2, -0.15) is 0 Å². The molecule has 0 fully saturated rings. The topological polar surface area (TPSA) is 9.23 Å². The Labute approximate surface area is 145 Å². The van der Waals surface area contributed by atoms with E-state index in [9.17, 15) is 0 Å². The minimum Gasteiger partial charge on any atom is -0.489 e. The Morgan fingerprint density at radius 3 is 2.75 bits per heavy atom. The van der Waals surface area contributed by atoms with E-state index < -0.39 is 0 Å². The van der Waals surface area contributed by atoms with Gasteiger partial charge in [0.1, 0.15) is 12.4 Å². The summed E-state index contributed by atoms with van der Waals surface area (Å²) in [4.78, 5) is 0. The number of benzene rings is 2. The highest BCUT2D eigenvalue weighted by atomic mass is 16.5. The van der Waals surface area contributed by atoms with E-state index in [1.165, 1.54) is 23.9 Å². The van der Waals surface area contributed by atoms with Crippen LogP contribution in [0.5, 0.6) is 0 Å². The summed E-state index contributed by atoms with van der Waals surface area (Å²) in [5.74, 6) is 1.63. The van der Waals surface area contributed by atoms with Crippen LogP contribution in [0.2, 0.25) is 12.1 Å². The van der Waals surface area contributed by atoms with Crippen LogP contribution in [0.25, 0.3) is 0 Å². The molecular weight excluding hydrogens is 291 g/mol. The second-order valence-corrected chi connectivity index (χ2v) is 6.92. The lowest BCUT2D eigenvalue weighted by Crippen LogP contribution is -2.31. The molecule has 2 aliphatic rings. The molecule has 1 unspecified atom stereocenters. The lowest BCUT2D eigenvalue weighted by Gasteiger charge is -2.21. The van der Waals surface area contributed by atoms with E-state index in [0.717, 1.165) is 12.2 Å². The third kappa shape index (κ3) is 3.06. The standard InChI is InChI=1S/C22H23BO/c1-17-6-2-3-8-19(17)16-24-21-12-10-20(11-13-21)23-15-14-18-7-4-5-9-22(18)23/h2-10,12-13,20H,11,14-16H2,1H3. The molecular formula is C22H23BO. The number of rotatable bonds is 4. The van der Waals surface area contributed by atoms with E-state index in [1.807, 2.05) is 0 Å². The summed E-state index contributed by atoms with van der Waals surface area (Å²) in [5.41, 5.74) is 5.66. The van der Waals surface area contributed by atoms with Crippen molar-refractivity contribution in [3.63, 3.8) is 0 Å². The van der Waals surface area contributed by atoms with Gasteiger partial charge in [0.2, 0.25) is 0 Å². The lowest BCUT2D eigenvalue weighted by molar-refractivity contribution is 0.208. The molecule has 0 N–H and O–H groups in total. The number of fused-ring (bicyclic) bond motifs is 1. The average molecular weight is 314 g/mol. The smallest absolute Gasteiger partial charge is 0.183 e. The van der Waals surface area contributed by atoms with Crippen molar-refractivity contribution in [1.82, 2.24) is 0 Å². The highest BCUT2D eigenvalue weighted by Gasteiger charge is 2.31. The van der Waals surface area contributed by atoms with Gasteiger partial charge in [0.05, 0.1) is 0 Å². The molecule has 0 spiro atoms. The third-order valence-corrected chi connectivity index (χ3v) is 5.45. The second kappa shape index (κ2) is 6.72. The fourth-order valence-corrected chi connectivity index (χ4v) is 3.99. The number of hydrogen-bond donors (Lipinski definition) is 0. The van der Waals surface area contributed by atoms with Crippen molar-refractivity contribution in [2.45, 2.75) is 38.5 Å². The Morgan fingerprint density at radius 1 is 1.08 bits per heavy atom. The minimum absolute atomic E-state index is 0.611. The summed E-state index contributed by atoms with van der Waals surface area (Å²) in [7, 11) is 0. The van der Waals surface area contributed by atoms with Gasteiger partial charge in [0, 0.05) is 0 Å². The van der Waals surface area contributed by atoms with Gasteiger partial charge in [0.15, 0.2) is 6.71 Å². The summed E-state index contributed by atoms with van der Waals surface area (Å²) in [5, 5.41) is 0. The molecule has 1 heterocycles. The molecule has 0 amide bonds. The Kier molecular flexibility index (Phi) is 4.29. The van der Waals surface area contributed by atoms with Crippen molar-refractivity contribution < 1.29 is 4.74 Å². The molecule has 1 aliphatic carbocycles. The SMILES string of the molecule is Cc1ccccc1COC1=CCC(B2CCc3ccccc32)C=C1. The molecule has 120 valence electrons. The van der Waals surface area contributed by atoms with Crippen LogP contribution in [-0.2, 0) is 17.8 Å². The maximum atomic E-state index is 6.00. The summed E-state index contributed by atoms with van der Waals surface area (Å²) >= 11 is 0. The largest absolute Gasteiger partial charge is 0.489 e. The minimum atomic E-state index is 0.611. The lowest BCUT2D eigenvalue weighted by atomic mass is 9.36. The van der Waals surface area contributed by atoms with Gasteiger partial charge in [-0.15, -0.1) is 0 Å². The quantitative estimate of drug-likeness (QED) is 0.744. The first kappa shape index (κ1) is 15.3. The van der Waals surface area contributed by atoms with E-state index >= 15 is 0 Å². The van der Waals surface area contributed by atoms with Crippen molar-refractivity contribution in [2.75, 3.05) is 0 Å². The molecule has 0 aromatic heterocycles. The van der Waals surface area contributed by atoms with Gasteiger partial charge in [-0.05, 0) is 48.9 Å². The number of aryl methyl sites for hydroxylation is 2. The van der Waals surface area contributed by atoms with Crippen LogP contribution in [0.3, 0.4) is 0 Å². The van der Waals surface area contributed by atoms with Gasteiger partial charge in [-0.25, -0.2) is 0 Å². The first-order valence-electron chi connectivity index (χ1n) is 8.95. The van der Waals surface area contributed by atoms with Gasteiger partial charge in [-0.1, -0.05) is 72.0 Å². The van der Waals surface area contributed by atoms with Crippen molar-refractivity contribution in [3.05, 3.63) is 89.2 Å². The summed E-state index contributed by atoms with van der Waals surface area (Å²) in [6.07, 6.45) is 10.4. The van der Waals surface area contributed by atoms with Crippen molar-refractivity contribution in [1.29, 1.82) is 0 Å². The zero-order valence-electron chi connectivity index (χ0n) is 14.2. The van der Waals surface area contributed by atoms with Crippen LogP contribution in [0.1, 0.15) is 23.1 Å².